The third-order valence-electron chi connectivity index (χ3n) is 3.37. The first-order valence-electron chi connectivity index (χ1n) is 7.54. The second-order valence-electron chi connectivity index (χ2n) is 7.07. The molecule has 0 radical (unpaired) electrons. The molecule has 1 fully saturated rings. The number of rotatable bonds is 4. The number of nitrogens with one attached hydrogen (secondary N) is 1. The molecular weight excluding hydrogens is 272 g/mol. The lowest BCUT2D eigenvalue weighted by molar-refractivity contribution is -0.144. The zero-order chi connectivity index (χ0) is 16.2. The first kappa shape index (κ1) is 17.8. The van der Waals surface area contributed by atoms with Gasteiger partial charge in [0.1, 0.15) is 5.60 Å². The van der Waals surface area contributed by atoms with Crippen molar-refractivity contribution >= 4 is 12.1 Å². The molecular formula is C15H28N2O4. The summed E-state index contributed by atoms with van der Waals surface area (Å²) in [5.74, 6) is -1.00. The summed E-state index contributed by atoms with van der Waals surface area (Å²) in [4.78, 5) is 25.0. The van der Waals surface area contributed by atoms with E-state index < -0.39 is 23.6 Å². The molecule has 0 spiro atoms. The van der Waals surface area contributed by atoms with Crippen LogP contribution in [0.15, 0.2) is 0 Å². The van der Waals surface area contributed by atoms with E-state index in [4.69, 9.17) is 4.74 Å². The molecule has 1 heterocycles. The average molecular weight is 300 g/mol. The van der Waals surface area contributed by atoms with E-state index >= 15 is 0 Å². The molecule has 6 heteroatoms. The zero-order valence-electron chi connectivity index (χ0n) is 13.7. The van der Waals surface area contributed by atoms with Gasteiger partial charge < -0.3 is 20.1 Å². The molecule has 0 aromatic heterocycles. The highest BCUT2D eigenvalue weighted by Gasteiger charge is 2.37. The molecule has 1 saturated heterocycles. The summed E-state index contributed by atoms with van der Waals surface area (Å²) in [7, 11) is 0. The van der Waals surface area contributed by atoms with E-state index in [-0.39, 0.29) is 12.6 Å². The molecule has 0 bridgehead atoms. The minimum atomic E-state index is -0.871. The van der Waals surface area contributed by atoms with Gasteiger partial charge in [0.25, 0.3) is 0 Å². The van der Waals surface area contributed by atoms with Crippen LogP contribution >= 0.6 is 0 Å². The number of hydrogen-bond donors (Lipinski definition) is 2. The molecule has 0 aliphatic carbocycles. The van der Waals surface area contributed by atoms with Crippen molar-refractivity contribution < 1.29 is 19.4 Å². The van der Waals surface area contributed by atoms with Gasteiger partial charge in [-0.15, -0.1) is 0 Å². The Kier molecular flexibility index (Phi) is 6.01. The summed E-state index contributed by atoms with van der Waals surface area (Å²) in [6.45, 7) is 11.1. The second-order valence-corrected chi connectivity index (χ2v) is 7.07. The van der Waals surface area contributed by atoms with Gasteiger partial charge in [-0.05, 0) is 39.7 Å². The van der Waals surface area contributed by atoms with E-state index in [1.54, 1.807) is 20.8 Å². The topological polar surface area (TPSA) is 78.9 Å². The maximum absolute atomic E-state index is 12.0. The quantitative estimate of drug-likeness (QED) is 0.829. The first-order chi connectivity index (χ1) is 9.60. The molecule has 21 heavy (non-hydrogen) atoms. The van der Waals surface area contributed by atoms with Gasteiger partial charge in [-0.25, -0.2) is 4.79 Å². The summed E-state index contributed by atoms with van der Waals surface area (Å²) in [5, 5.41) is 12.7. The highest BCUT2D eigenvalue weighted by molar-refractivity contribution is 5.74. The van der Waals surface area contributed by atoms with Crippen LogP contribution in [0.1, 0.15) is 41.0 Å². The van der Waals surface area contributed by atoms with Crippen molar-refractivity contribution in [2.24, 2.45) is 11.8 Å². The minimum absolute atomic E-state index is 0.0939. The van der Waals surface area contributed by atoms with Crippen molar-refractivity contribution in [1.29, 1.82) is 0 Å². The summed E-state index contributed by atoms with van der Waals surface area (Å²) in [5.41, 5.74) is -0.567. The molecule has 122 valence electrons. The number of piperidine rings is 1. The van der Waals surface area contributed by atoms with Crippen LogP contribution in [0.3, 0.4) is 0 Å². The lowest BCUT2D eigenvalue weighted by Gasteiger charge is -2.37. The average Bonchev–Trinajstić information content (AvgIpc) is 2.33. The third kappa shape index (κ3) is 5.91. The normalized spacial score (nSPS) is 23.2. The van der Waals surface area contributed by atoms with Gasteiger partial charge in [-0.2, -0.15) is 0 Å². The molecule has 1 aliphatic heterocycles. The number of carboxylic acids is 1. The van der Waals surface area contributed by atoms with Gasteiger partial charge in [-0.3, -0.25) is 4.79 Å². The summed E-state index contributed by atoms with van der Waals surface area (Å²) in [6.07, 6.45) is 0.194. The van der Waals surface area contributed by atoms with Crippen molar-refractivity contribution in [2.45, 2.75) is 52.7 Å². The van der Waals surface area contributed by atoms with Gasteiger partial charge in [-0.1, -0.05) is 13.8 Å². The maximum Gasteiger partial charge on any atom is 0.410 e. The highest BCUT2D eigenvalue weighted by Crippen LogP contribution is 2.20. The fourth-order valence-electron chi connectivity index (χ4n) is 2.33. The van der Waals surface area contributed by atoms with E-state index in [2.05, 4.69) is 19.2 Å². The number of carbonyl (C=O) groups is 2. The smallest absolute Gasteiger partial charge is 0.410 e. The van der Waals surface area contributed by atoms with E-state index in [1.165, 1.54) is 4.90 Å². The SMILES string of the molecule is CC(C)CN[C@@H]1CCN(C(=O)OC(C)(C)C)C[C@H]1C(=O)O. The van der Waals surface area contributed by atoms with E-state index in [9.17, 15) is 14.7 Å². The lowest BCUT2D eigenvalue weighted by atomic mass is 9.92. The van der Waals surface area contributed by atoms with Crippen molar-refractivity contribution in [1.82, 2.24) is 10.2 Å². The van der Waals surface area contributed by atoms with Gasteiger partial charge in [0.2, 0.25) is 0 Å². The van der Waals surface area contributed by atoms with Gasteiger partial charge in [0.15, 0.2) is 0 Å². The molecule has 2 N–H and O–H groups in total. The van der Waals surface area contributed by atoms with Gasteiger partial charge in [0, 0.05) is 19.1 Å². The Morgan fingerprint density at radius 1 is 1.38 bits per heavy atom. The molecule has 6 nitrogen and oxygen atoms in total. The van der Waals surface area contributed by atoms with Crippen LogP contribution in [-0.2, 0) is 9.53 Å². The second kappa shape index (κ2) is 7.11. The number of aliphatic carboxylic acids is 1. The number of hydrogen-bond acceptors (Lipinski definition) is 4. The van der Waals surface area contributed by atoms with Crippen LogP contribution in [0.25, 0.3) is 0 Å². The number of ether oxygens (including phenoxy) is 1. The third-order valence-corrected chi connectivity index (χ3v) is 3.37. The van der Waals surface area contributed by atoms with E-state index in [0.717, 1.165) is 6.54 Å². The monoisotopic (exact) mass is 300 g/mol. The fourth-order valence-corrected chi connectivity index (χ4v) is 2.33. The molecule has 2 atom stereocenters. The predicted octanol–water partition coefficient (Wildman–Crippen LogP) is 1.94. The first-order valence-corrected chi connectivity index (χ1v) is 7.54. The Morgan fingerprint density at radius 3 is 2.48 bits per heavy atom. The number of carbonyl (C=O) groups excluding carboxylic acids is 1. The van der Waals surface area contributed by atoms with Crippen LogP contribution in [0.2, 0.25) is 0 Å². The Morgan fingerprint density at radius 2 is 2.00 bits per heavy atom. The number of likely N-dealkylation sites (tertiary alicyclic amines) is 1. The van der Waals surface area contributed by atoms with Crippen molar-refractivity contribution in [2.75, 3.05) is 19.6 Å². The summed E-state index contributed by atoms with van der Waals surface area (Å²) in [6, 6.07) is -0.0939. The largest absolute Gasteiger partial charge is 0.481 e. The molecule has 0 saturated carbocycles. The minimum Gasteiger partial charge on any atom is -0.481 e. The van der Waals surface area contributed by atoms with Crippen LogP contribution < -0.4 is 5.32 Å². The Balaban J connectivity index is 2.64. The van der Waals surface area contributed by atoms with Gasteiger partial charge >= 0.3 is 12.1 Å². The summed E-state index contributed by atoms with van der Waals surface area (Å²) >= 11 is 0. The number of amides is 1. The van der Waals surface area contributed by atoms with Crippen LogP contribution in [-0.4, -0.2) is 53.3 Å². The van der Waals surface area contributed by atoms with E-state index in [1.807, 2.05) is 0 Å². The maximum atomic E-state index is 12.0. The lowest BCUT2D eigenvalue weighted by Crippen LogP contribution is -2.54. The van der Waals surface area contributed by atoms with Crippen molar-refractivity contribution in [3.8, 4) is 0 Å². The van der Waals surface area contributed by atoms with Gasteiger partial charge in [0.05, 0.1) is 5.92 Å². The number of nitrogens with zero attached hydrogens (tertiary/aromatic N) is 1. The van der Waals surface area contributed by atoms with Crippen LogP contribution in [0, 0.1) is 11.8 Å². The molecule has 0 unspecified atom stereocenters. The molecule has 1 rings (SSSR count). The fraction of sp³-hybridized carbons (Fsp3) is 0.867. The van der Waals surface area contributed by atoms with Crippen LogP contribution in [0.4, 0.5) is 4.79 Å². The highest BCUT2D eigenvalue weighted by atomic mass is 16.6. The molecule has 0 aromatic rings. The zero-order valence-corrected chi connectivity index (χ0v) is 13.7. The predicted molar refractivity (Wildman–Crippen MR) is 80.2 cm³/mol. The molecule has 1 amide bonds. The Labute approximate surface area is 126 Å². The Hall–Kier alpha value is -1.30. The van der Waals surface area contributed by atoms with E-state index in [0.29, 0.717) is 18.9 Å². The number of carboxylic acid groups (broad SMARTS) is 1. The summed E-state index contributed by atoms with van der Waals surface area (Å²) < 4.78 is 5.31. The van der Waals surface area contributed by atoms with Crippen LogP contribution in [0.5, 0.6) is 0 Å². The molecule has 1 aliphatic rings. The van der Waals surface area contributed by atoms with Crippen molar-refractivity contribution in [3.05, 3.63) is 0 Å². The van der Waals surface area contributed by atoms with Crippen molar-refractivity contribution in [3.63, 3.8) is 0 Å². The Bertz CT molecular complexity index is 376. The molecule has 0 aromatic carbocycles. The standard InChI is InChI=1S/C15H28N2O4/c1-10(2)8-16-12-6-7-17(9-11(12)13(18)19)14(20)21-15(3,4)5/h10-12,16H,6-9H2,1-5H3,(H,18,19)/t11-,12-/m1/s1.